The van der Waals surface area contributed by atoms with E-state index in [1.807, 2.05) is 41.8 Å². The van der Waals surface area contributed by atoms with Crippen molar-refractivity contribution in [1.29, 1.82) is 0 Å². The third-order valence-electron chi connectivity index (χ3n) is 4.52. The molecule has 168 valence electrons. The Morgan fingerprint density at radius 3 is 2.47 bits per heavy atom. The van der Waals surface area contributed by atoms with Crippen molar-refractivity contribution in [3.05, 3.63) is 48.0 Å². The molecule has 10 heteroatoms. The van der Waals surface area contributed by atoms with Gasteiger partial charge in [-0.2, -0.15) is 5.10 Å². The number of hydrogen-bond donors (Lipinski definition) is 1. The van der Waals surface area contributed by atoms with Gasteiger partial charge >= 0.3 is 0 Å². The second kappa shape index (κ2) is 11.2. The average molecular weight is 456 g/mol. The van der Waals surface area contributed by atoms with E-state index < -0.39 is 0 Å². The number of nitrogens with one attached hydrogen (secondary N) is 1. The minimum Gasteiger partial charge on any atom is -0.497 e. The van der Waals surface area contributed by atoms with Gasteiger partial charge in [0.1, 0.15) is 5.75 Å². The summed E-state index contributed by atoms with van der Waals surface area (Å²) in [6, 6.07) is 13.0. The Hall–Kier alpha value is -3.53. The Morgan fingerprint density at radius 1 is 1.06 bits per heavy atom. The normalized spacial score (nSPS) is 10.9. The lowest BCUT2D eigenvalue weighted by Crippen LogP contribution is -2.20. The molecule has 0 saturated carbocycles. The zero-order chi connectivity index (χ0) is 22.9. The van der Waals surface area contributed by atoms with Crippen molar-refractivity contribution in [3.63, 3.8) is 0 Å². The second-order valence-corrected chi connectivity index (χ2v) is 7.42. The van der Waals surface area contributed by atoms with E-state index in [0.29, 0.717) is 23.2 Å². The first kappa shape index (κ1) is 23.1. The monoisotopic (exact) mass is 455 g/mol. The molecule has 1 aromatic heterocycles. The molecule has 0 bridgehead atoms. The maximum absolute atomic E-state index is 12.2. The topological polar surface area (TPSA) is 99.9 Å². The summed E-state index contributed by atoms with van der Waals surface area (Å²) >= 11 is 1.30. The molecule has 0 aliphatic carbocycles. The summed E-state index contributed by atoms with van der Waals surface area (Å²) in [5.41, 5.74) is 4.22. The summed E-state index contributed by atoms with van der Waals surface area (Å²) in [6.45, 7) is 2.68. The van der Waals surface area contributed by atoms with E-state index in [0.717, 1.165) is 22.7 Å². The predicted molar refractivity (Wildman–Crippen MR) is 124 cm³/mol. The molecule has 0 saturated heterocycles. The third kappa shape index (κ3) is 5.58. The molecule has 1 heterocycles. The van der Waals surface area contributed by atoms with E-state index in [1.165, 1.54) is 11.8 Å². The van der Waals surface area contributed by atoms with Crippen molar-refractivity contribution in [2.24, 2.45) is 5.10 Å². The Bertz CT molecular complexity index is 1080. The fraction of sp³-hybridized carbons (Fsp3) is 0.273. The molecule has 0 spiro atoms. The maximum Gasteiger partial charge on any atom is 0.250 e. The predicted octanol–water partition coefficient (Wildman–Crippen LogP) is 3.23. The summed E-state index contributed by atoms with van der Waals surface area (Å²) in [4.78, 5) is 12.2. The van der Waals surface area contributed by atoms with Gasteiger partial charge in [-0.25, -0.2) is 5.43 Å². The Balaban J connectivity index is 1.59. The number of nitrogens with zero attached hydrogens (tertiary/aromatic N) is 4. The van der Waals surface area contributed by atoms with Crippen LogP contribution in [0.4, 0.5) is 0 Å². The standard InChI is InChI=1S/C22H25N5O4S/c1-5-27-21(16-7-9-17(29-2)10-8-16)25-26-22(27)32-14-20(28)24-23-13-15-6-11-18(30-3)19(12-15)31-4/h6-13H,5,14H2,1-4H3,(H,24,28)/b23-13-. The third-order valence-corrected chi connectivity index (χ3v) is 5.49. The quantitative estimate of drug-likeness (QED) is 0.285. The number of hydrogen-bond acceptors (Lipinski definition) is 8. The van der Waals surface area contributed by atoms with Crippen molar-refractivity contribution in [2.45, 2.75) is 18.6 Å². The average Bonchev–Trinajstić information content (AvgIpc) is 3.25. The number of carbonyl (C=O) groups is 1. The van der Waals surface area contributed by atoms with Gasteiger partial charge in [0, 0.05) is 12.1 Å². The molecule has 0 aliphatic heterocycles. The fourth-order valence-electron chi connectivity index (χ4n) is 2.91. The smallest absolute Gasteiger partial charge is 0.250 e. The molecule has 3 aromatic rings. The molecule has 0 unspecified atom stereocenters. The van der Waals surface area contributed by atoms with Crippen LogP contribution in [0.3, 0.4) is 0 Å². The molecule has 9 nitrogen and oxygen atoms in total. The zero-order valence-electron chi connectivity index (χ0n) is 18.4. The maximum atomic E-state index is 12.2. The summed E-state index contributed by atoms with van der Waals surface area (Å²) in [7, 11) is 4.76. The number of hydrazone groups is 1. The molecule has 1 N–H and O–H groups in total. The highest BCUT2D eigenvalue weighted by Gasteiger charge is 2.14. The van der Waals surface area contributed by atoms with Gasteiger partial charge in [-0.3, -0.25) is 4.79 Å². The molecule has 0 radical (unpaired) electrons. The van der Waals surface area contributed by atoms with E-state index in [2.05, 4.69) is 20.7 Å². The van der Waals surface area contributed by atoms with Crippen LogP contribution in [0.25, 0.3) is 11.4 Å². The fourth-order valence-corrected chi connectivity index (χ4v) is 3.70. The lowest BCUT2D eigenvalue weighted by atomic mass is 10.2. The molecule has 32 heavy (non-hydrogen) atoms. The first-order valence-electron chi connectivity index (χ1n) is 9.84. The van der Waals surface area contributed by atoms with Gasteiger partial charge in [-0.15, -0.1) is 10.2 Å². The van der Waals surface area contributed by atoms with Crippen molar-refractivity contribution < 1.29 is 19.0 Å². The van der Waals surface area contributed by atoms with Crippen molar-refractivity contribution in [2.75, 3.05) is 27.1 Å². The first-order valence-corrected chi connectivity index (χ1v) is 10.8. The van der Waals surface area contributed by atoms with Crippen LogP contribution < -0.4 is 19.6 Å². The number of rotatable bonds is 10. The van der Waals surface area contributed by atoms with E-state index in [9.17, 15) is 4.79 Å². The van der Waals surface area contributed by atoms with Crippen LogP contribution in [-0.4, -0.2) is 54.0 Å². The van der Waals surface area contributed by atoms with E-state index in [1.54, 1.807) is 39.7 Å². The van der Waals surface area contributed by atoms with Gasteiger partial charge in [-0.1, -0.05) is 11.8 Å². The number of ether oxygens (including phenoxy) is 3. The highest BCUT2D eigenvalue weighted by molar-refractivity contribution is 7.99. The van der Waals surface area contributed by atoms with Gasteiger partial charge in [0.25, 0.3) is 5.91 Å². The van der Waals surface area contributed by atoms with Crippen molar-refractivity contribution in [3.8, 4) is 28.6 Å². The van der Waals surface area contributed by atoms with Gasteiger partial charge in [-0.05, 0) is 55.0 Å². The summed E-state index contributed by atoms with van der Waals surface area (Å²) in [6.07, 6.45) is 1.54. The molecule has 0 fully saturated rings. The van der Waals surface area contributed by atoms with E-state index in [-0.39, 0.29) is 11.7 Å². The number of aromatic nitrogens is 3. The largest absolute Gasteiger partial charge is 0.497 e. The van der Waals surface area contributed by atoms with E-state index >= 15 is 0 Å². The van der Waals surface area contributed by atoms with E-state index in [4.69, 9.17) is 14.2 Å². The van der Waals surface area contributed by atoms with Gasteiger partial charge in [0.05, 0.1) is 33.3 Å². The van der Waals surface area contributed by atoms with Crippen LogP contribution >= 0.6 is 11.8 Å². The van der Waals surface area contributed by atoms with Crippen LogP contribution in [-0.2, 0) is 11.3 Å². The van der Waals surface area contributed by atoms with Crippen LogP contribution in [0, 0.1) is 0 Å². The van der Waals surface area contributed by atoms with Crippen molar-refractivity contribution >= 4 is 23.9 Å². The summed E-state index contributed by atoms with van der Waals surface area (Å²) < 4.78 is 17.6. The van der Waals surface area contributed by atoms with Crippen LogP contribution in [0.15, 0.2) is 52.7 Å². The van der Waals surface area contributed by atoms with Crippen LogP contribution in [0.1, 0.15) is 12.5 Å². The molecule has 3 rings (SSSR count). The Morgan fingerprint density at radius 2 is 1.81 bits per heavy atom. The molecule has 0 aliphatic rings. The Kier molecular flexibility index (Phi) is 8.09. The number of carbonyl (C=O) groups excluding carboxylic acids is 1. The number of amides is 1. The SMILES string of the molecule is CCn1c(SCC(=O)N/N=C\c2ccc(OC)c(OC)c2)nnc1-c1ccc(OC)cc1. The Labute approximate surface area is 190 Å². The molecular formula is C22H25N5O4S. The lowest BCUT2D eigenvalue weighted by molar-refractivity contribution is -0.118. The van der Waals surface area contributed by atoms with Crippen molar-refractivity contribution in [1.82, 2.24) is 20.2 Å². The second-order valence-electron chi connectivity index (χ2n) is 6.48. The summed E-state index contributed by atoms with van der Waals surface area (Å²) in [5.74, 6) is 2.64. The first-order chi connectivity index (χ1) is 15.6. The highest BCUT2D eigenvalue weighted by atomic mass is 32.2. The zero-order valence-corrected chi connectivity index (χ0v) is 19.2. The minimum atomic E-state index is -0.247. The lowest BCUT2D eigenvalue weighted by Gasteiger charge is -2.08. The van der Waals surface area contributed by atoms with Crippen LogP contribution in [0.5, 0.6) is 17.2 Å². The summed E-state index contributed by atoms with van der Waals surface area (Å²) in [5, 5.41) is 13.2. The molecule has 0 atom stereocenters. The van der Waals surface area contributed by atoms with Gasteiger partial charge in [0.15, 0.2) is 22.5 Å². The molecule has 1 amide bonds. The number of benzene rings is 2. The number of thioether (sulfide) groups is 1. The molecular weight excluding hydrogens is 430 g/mol. The molecule has 2 aromatic carbocycles. The minimum absolute atomic E-state index is 0.157. The van der Waals surface area contributed by atoms with Gasteiger partial charge in [0.2, 0.25) is 0 Å². The van der Waals surface area contributed by atoms with Gasteiger partial charge < -0.3 is 18.8 Å². The number of methoxy groups -OCH3 is 3. The highest BCUT2D eigenvalue weighted by Crippen LogP contribution is 2.27. The van der Waals surface area contributed by atoms with Crippen LogP contribution in [0.2, 0.25) is 0 Å².